The second-order valence-electron chi connectivity index (χ2n) is 4.47. The lowest BCUT2D eigenvalue weighted by molar-refractivity contribution is 0.0952. The molecule has 0 aliphatic rings. The maximum Gasteiger partial charge on any atom is 0.275 e. The van der Waals surface area contributed by atoms with Gasteiger partial charge >= 0.3 is 0 Å². The van der Waals surface area contributed by atoms with Crippen molar-refractivity contribution in [2.75, 3.05) is 26.1 Å². The number of carbonyl (C=O) groups excluding carboxylic acids is 1. The van der Waals surface area contributed by atoms with Crippen molar-refractivity contribution in [2.24, 2.45) is 5.10 Å². The minimum Gasteiger partial charge on any atom is -0.496 e. The topological polar surface area (TPSA) is 67.1 Å². The van der Waals surface area contributed by atoms with E-state index in [1.807, 2.05) is 25.1 Å². The molecule has 0 atom stereocenters. The highest BCUT2D eigenvalue weighted by Crippen LogP contribution is 2.17. The summed E-state index contributed by atoms with van der Waals surface area (Å²) in [5, 5.41) is 3.87. The number of methoxy groups -OCH3 is 1. The number of carbonyl (C=O) groups is 1. The van der Waals surface area contributed by atoms with E-state index in [-0.39, 0.29) is 5.91 Å². The van der Waals surface area contributed by atoms with Crippen molar-refractivity contribution in [1.82, 2.24) is 5.43 Å². The second-order valence-corrected chi connectivity index (χ2v) is 4.47. The van der Waals surface area contributed by atoms with E-state index in [9.17, 15) is 4.79 Å². The number of benzene rings is 1. The average Bonchev–Trinajstić information content (AvgIpc) is 2.96. The highest BCUT2D eigenvalue weighted by atomic mass is 16.5. The molecule has 1 N–H and O–H groups in total. The third kappa shape index (κ3) is 3.62. The third-order valence-corrected chi connectivity index (χ3v) is 2.76. The molecule has 1 aromatic carbocycles. The van der Waals surface area contributed by atoms with Crippen molar-refractivity contribution in [2.45, 2.75) is 0 Å². The minimum absolute atomic E-state index is 0.344. The molecule has 0 spiro atoms. The highest BCUT2D eigenvalue weighted by Gasteiger charge is 2.10. The monoisotopic (exact) mass is 287 g/mol. The van der Waals surface area contributed by atoms with Crippen LogP contribution >= 0.6 is 0 Å². The Morgan fingerprint density at radius 2 is 2.05 bits per heavy atom. The van der Waals surface area contributed by atoms with Crippen molar-refractivity contribution in [3.05, 3.63) is 47.7 Å². The van der Waals surface area contributed by atoms with Gasteiger partial charge in [0.2, 0.25) is 0 Å². The van der Waals surface area contributed by atoms with Gasteiger partial charge < -0.3 is 14.1 Å². The second kappa shape index (κ2) is 6.60. The number of furan rings is 1. The fourth-order valence-electron chi connectivity index (χ4n) is 1.70. The summed E-state index contributed by atoms with van der Waals surface area (Å²) in [6.07, 6.45) is 1.44. The SMILES string of the molecule is COc1ccccc1C(=O)N/N=C\c1ccc(N(C)C)o1. The van der Waals surface area contributed by atoms with Crippen LogP contribution in [0.3, 0.4) is 0 Å². The number of hydrazone groups is 1. The number of anilines is 1. The van der Waals surface area contributed by atoms with E-state index in [4.69, 9.17) is 9.15 Å². The maximum absolute atomic E-state index is 12.0. The predicted molar refractivity (Wildman–Crippen MR) is 81.1 cm³/mol. The van der Waals surface area contributed by atoms with Gasteiger partial charge in [0.15, 0.2) is 5.88 Å². The molecule has 0 unspecified atom stereocenters. The van der Waals surface area contributed by atoms with Gasteiger partial charge in [0.05, 0.1) is 18.9 Å². The van der Waals surface area contributed by atoms with Gasteiger partial charge in [0, 0.05) is 20.2 Å². The van der Waals surface area contributed by atoms with Gasteiger partial charge in [0.1, 0.15) is 11.5 Å². The molecule has 110 valence electrons. The third-order valence-electron chi connectivity index (χ3n) is 2.76. The van der Waals surface area contributed by atoms with Gasteiger partial charge in [-0.05, 0) is 18.2 Å². The van der Waals surface area contributed by atoms with Gasteiger partial charge in [-0.2, -0.15) is 5.10 Å². The van der Waals surface area contributed by atoms with Crippen LogP contribution in [0.4, 0.5) is 5.88 Å². The van der Waals surface area contributed by atoms with Gasteiger partial charge in [-0.3, -0.25) is 4.79 Å². The molecule has 0 aliphatic carbocycles. The Bertz CT molecular complexity index is 647. The lowest BCUT2D eigenvalue weighted by Gasteiger charge is -2.06. The molecule has 0 aliphatic heterocycles. The zero-order valence-corrected chi connectivity index (χ0v) is 12.2. The first-order chi connectivity index (χ1) is 10.1. The molecule has 0 saturated carbocycles. The van der Waals surface area contributed by atoms with Crippen LogP contribution in [0.15, 0.2) is 45.9 Å². The number of nitrogens with zero attached hydrogens (tertiary/aromatic N) is 2. The number of hydrogen-bond acceptors (Lipinski definition) is 5. The van der Waals surface area contributed by atoms with Crippen LogP contribution in [0.25, 0.3) is 0 Å². The van der Waals surface area contributed by atoms with Crippen LogP contribution in [0, 0.1) is 0 Å². The normalized spacial score (nSPS) is 10.6. The van der Waals surface area contributed by atoms with Crippen LogP contribution in [0.5, 0.6) is 5.75 Å². The van der Waals surface area contributed by atoms with Crippen LogP contribution < -0.4 is 15.1 Å². The Labute approximate surface area is 123 Å². The average molecular weight is 287 g/mol. The van der Waals surface area contributed by atoms with E-state index in [2.05, 4.69) is 10.5 Å². The summed E-state index contributed by atoms with van der Waals surface area (Å²) in [6, 6.07) is 10.5. The summed E-state index contributed by atoms with van der Waals surface area (Å²) < 4.78 is 10.6. The fourth-order valence-corrected chi connectivity index (χ4v) is 1.70. The minimum atomic E-state index is -0.344. The van der Waals surface area contributed by atoms with Gasteiger partial charge in [-0.25, -0.2) is 5.43 Å². The Morgan fingerprint density at radius 3 is 2.71 bits per heavy atom. The van der Waals surface area contributed by atoms with Gasteiger partial charge in [-0.1, -0.05) is 12.1 Å². The standard InChI is InChI=1S/C15H17N3O3/c1-18(2)14-9-8-11(21-14)10-16-17-15(19)12-6-4-5-7-13(12)20-3/h4-10H,1-3H3,(H,17,19)/b16-10-. The molecule has 1 heterocycles. The summed E-state index contributed by atoms with van der Waals surface area (Å²) in [5.41, 5.74) is 2.86. The van der Waals surface area contributed by atoms with Crippen molar-refractivity contribution >= 4 is 18.0 Å². The molecule has 1 amide bonds. The summed E-state index contributed by atoms with van der Waals surface area (Å²) in [7, 11) is 5.27. The lowest BCUT2D eigenvalue weighted by atomic mass is 10.2. The van der Waals surface area contributed by atoms with E-state index < -0.39 is 0 Å². The Balaban J connectivity index is 2.01. The van der Waals surface area contributed by atoms with Gasteiger partial charge in [0.25, 0.3) is 5.91 Å². The molecule has 2 aromatic rings. The summed E-state index contributed by atoms with van der Waals surface area (Å²) in [6.45, 7) is 0. The zero-order valence-electron chi connectivity index (χ0n) is 12.2. The number of hydrogen-bond donors (Lipinski definition) is 1. The first-order valence-corrected chi connectivity index (χ1v) is 6.35. The molecule has 6 heteroatoms. The molecule has 1 aromatic heterocycles. The van der Waals surface area contributed by atoms with Crippen LogP contribution in [-0.2, 0) is 0 Å². The Morgan fingerprint density at radius 1 is 1.29 bits per heavy atom. The molecule has 21 heavy (non-hydrogen) atoms. The molecule has 0 radical (unpaired) electrons. The predicted octanol–water partition coefficient (Wildman–Crippen LogP) is 2.12. The van der Waals surface area contributed by atoms with Crippen LogP contribution in [-0.4, -0.2) is 33.3 Å². The van der Waals surface area contributed by atoms with Crippen molar-refractivity contribution in [1.29, 1.82) is 0 Å². The highest BCUT2D eigenvalue weighted by molar-refractivity contribution is 5.97. The molecule has 2 rings (SSSR count). The molecule has 0 fully saturated rings. The summed E-state index contributed by atoms with van der Waals surface area (Å²) in [4.78, 5) is 13.8. The van der Waals surface area contributed by atoms with Crippen molar-refractivity contribution < 1.29 is 13.9 Å². The molecular weight excluding hydrogens is 270 g/mol. The van der Waals surface area contributed by atoms with Gasteiger partial charge in [-0.15, -0.1) is 0 Å². The fraction of sp³-hybridized carbons (Fsp3) is 0.200. The number of ether oxygens (including phenoxy) is 1. The Hall–Kier alpha value is -2.76. The van der Waals surface area contributed by atoms with E-state index in [1.54, 1.807) is 30.3 Å². The number of amides is 1. The van der Waals surface area contributed by atoms with Crippen LogP contribution in [0.1, 0.15) is 16.1 Å². The van der Waals surface area contributed by atoms with E-state index in [0.717, 1.165) is 0 Å². The van der Waals surface area contributed by atoms with Crippen LogP contribution in [0.2, 0.25) is 0 Å². The first kappa shape index (κ1) is 14.6. The number of rotatable bonds is 5. The molecule has 6 nitrogen and oxygen atoms in total. The Kier molecular flexibility index (Phi) is 4.61. The summed E-state index contributed by atoms with van der Waals surface area (Å²) >= 11 is 0. The van der Waals surface area contributed by atoms with E-state index >= 15 is 0 Å². The largest absolute Gasteiger partial charge is 0.496 e. The zero-order chi connectivity index (χ0) is 15.2. The molecule has 0 saturated heterocycles. The van der Waals surface area contributed by atoms with Crippen molar-refractivity contribution in [3.8, 4) is 5.75 Å². The quantitative estimate of drug-likeness (QED) is 0.675. The molecular formula is C15H17N3O3. The first-order valence-electron chi connectivity index (χ1n) is 6.35. The van der Waals surface area contributed by atoms with E-state index in [0.29, 0.717) is 23.0 Å². The molecule has 0 bridgehead atoms. The summed E-state index contributed by atoms with van der Waals surface area (Å²) in [5.74, 6) is 1.42. The smallest absolute Gasteiger partial charge is 0.275 e. The number of para-hydroxylation sites is 1. The lowest BCUT2D eigenvalue weighted by Crippen LogP contribution is -2.18. The van der Waals surface area contributed by atoms with E-state index in [1.165, 1.54) is 13.3 Å². The van der Waals surface area contributed by atoms with Crippen molar-refractivity contribution in [3.63, 3.8) is 0 Å². The number of nitrogens with one attached hydrogen (secondary N) is 1. The maximum atomic E-state index is 12.0.